The second-order valence-electron chi connectivity index (χ2n) is 3.60. The fourth-order valence-electron chi connectivity index (χ4n) is 1.52. The molecule has 0 saturated heterocycles. The van der Waals surface area contributed by atoms with E-state index in [1.807, 2.05) is 6.07 Å². The van der Waals surface area contributed by atoms with E-state index in [1.54, 1.807) is 20.8 Å². The van der Waals surface area contributed by atoms with Gasteiger partial charge in [0.25, 0.3) is 5.56 Å². The molecule has 1 aromatic heterocycles. The third-order valence-electron chi connectivity index (χ3n) is 2.39. The van der Waals surface area contributed by atoms with Crippen molar-refractivity contribution in [1.29, 1.82) is 5.26 Å². The molecule has 0 amide bonds. The van der Waals surface area contributed by atoms with Gasteiger partial charge in [-0.3, -0.25) is 9.36 Å². The average molecular weight is 296 g/mol. The van der Waals surface area contributed by atoms with E-state index in [9.17, 15) is 9.59 Å². The molecule has 0 spiro atoms. The Kier molecular flexibility index (Phi) is 6.00. The minimum atomic E-state index is -0.721. The molecule has 0 bridgehead atoms. The highest BCUT2D eigenvalue weighted by atomic mass is 32.1. The van der Waals surface area contributed by atoms with Crippen LogP contribution in [0.4, 0.5) is 0 Å². The molecular weight excluding hydrogens is 280 g/mol. The summed E-state index contributed by atoms with van der Waals surface area (Å²) in [6.45, 7) is 6.18. The topological polar surface area (TPSA) is 81.3 Å². The average Bonchev–Trinajstić information content (AvgIpc) is 2.74. The highest BCUT2D eigenvalue weighted by molar-refractivity contribution is 7.07. The summed E-state index contributed by atoms with van der Waals surface area (Å²) in [5.41, 5.74) is -0.440. The van der Waals surface area contributed by atoms with E-state index >= 15 is 0 Å². The molecule has 0 aromatic carbocycles. The van der Waals surface area contributed by atoms with Crippen LogP contribution in [0.5, 0.6) is 0 Å². The van der Waals surface area contributed by atoms with Crippen molar-refractivity contribution in [3.63, 3.8) is 0 Å². The van der Waals surface area contributed by atoms with Crippen LogP contribution >= 0.6 is 11.3 Å². The molecule has 108 valence electrons. The zero-order valence-electron chi connectivity index (χ0n) is 11.6. The number of thiazole rings is 1. The van der Waals surface area contributed by atoms with Crippen LogP contribution in [0.1, 0.15) is 20.8 Å². The first-order valence-electron chi connectivity index (χ1n) is 6.23. The number of nitriles is 1. The van der Waals surface area contributed by atoms with Crippen molar-refractivity contribution in [2.75, 3.05) is 13.2 Å². The van der Waals surface area contributed by atoms with Gasteiger partial charge < -0.3 is 9.47 Å². The van der Waals surface area contributed by atoms with Gasteiger partial charge in [0.05, 0.1) is 13.2 Å². The van der Waals surface area contributed by atoms with Crippen LogP contribution < -0.4 is 14.8 Å². The van der Waals surface area contributed by atoms with Gasteiger partial charge in [0.1, 0.15) is 21.5 Å². The second kappa shape index (κ2) is 7.50. The molecule has 6 nitrogen and oxygen atoms in total. The molecule has 0 atom stereocenters. The first kappa shape index (κ1) is 16.0. The number of hydrogen-bond donors (Lipinski definition) is 0. The maximum atomic E-state index is 12.1. The fraction of sp³-hybridized carbons (Fsp3) is 0.462. The summed E-state index contributed by atoms with van der Waals surface area (Å²) in [7, 11) is 0. The Balaban J connectivity index is 3.63. The highest BCUT2D eigenvalue weighted by Crippen LogP contribution is 1.96. The lowest BCUT2D eigenvalue weighted by Gasteiger charge is -2.00. The number of esters is 1. The Hall–Kier alpha value is -2.07. The predicted octanol–water partition coefficient (Wildman–Crippen LogP) is -0.0584. The lowest BCUT2D eigenvalue weighted by Crippen LogP contribution is -2.32. The molecule has 0 fully saturated rings. The fourth-order valence-corrected chi connectivity index (χ4v) is 2.59. The number of nitrogens with zero attached hydrogens (tertiary/aromatic N) is 2. The van der Waals surface area contributed by atoms with Gasteiger partial charge in [-0.25, -0.2) is 4.79 Å². The molecule has 0 unspecified atom stereocenters. The summed E-state index contributed by atoms with van der Waals surface area (Å²) in [5, 5.41) is 9.13. The van der Waals surface area contributed by atoms with Crippen LogP contribution in [-0.4, -0.2) is 23.8 Å². The molecule has 1 aromatic rings. The van der Waals surface area contributed by atoms with Crippen molar-refractivity contribution < 1.29 is 14.3 Å². The van der Waals surface area contributed by atoms with E-state index in [4.69, 9.17) is 14.7 Å². The lowest BCUT2D eigenvalue weighted by molar-refractivity contribution is -0.136. The summed E-state index contributed by atoms with van der Waals surface area (Å²) in [4.78, 5) is 23.9. The zero-order valence-corrected chi connectivity index (χ0v) is 12.5. The van der Waals surface area contributed by atoms with Crippen LogP contribution in [0.25, 0.3) is 11.8 Å². The first-order chi connectivity index (χ1) is 9.60. The van der Waals surface area contributed by atoms with Crippen molar-refractivity contribution in [1.82, 2.24) is 4.57 Å². The Morgan fingerprint density at radius 2 is 2.10 bits per heavy atom. The largest absolute Gasteiger partial charge is 0.500 e. The van der Waals surface area contributed by atoms with Crippen LogP contribution in [0.15, 0.2) is 4.79 Å². The van der Waals surface area contributed by atoms with Crippen LogP contribution in [0.3, 0.4) is 0 Å². The second-order valence-corrected chi connectivity index (χ2v) is 4.63. The van der Waals surface area contributed by atoms with Crippen molar-refractivity contribution in [2.45, 2.75) is 27.3 Å². The number of carbonyl (C=O) groups excluding carboxylic acids is 1. The minimum absolute atomic E-state index is 0.160. The normalized spacial score (nSPS) is 12.8. The molecule has 0 aliphatic heterocycles. The third-order valence-corrected chi connectivity index (χ3v) is 3.49. The van der Waals surface area contributed by atoms with Gasteiger partial charge >= 0.3 is 5.97 Å². The highest BCUT2D eigenvalue weighted by Gasteiger charge is 2.16. The smallest absolute Gasteiger partial charge is 0.351 e. The van der Waals surface area contributed by atoms with Crippen molar-refractivity contribution >= 4 is 29.1 Å². The number of carbonyl (C=O) groups is 1. The standard InChI is InChI=1S/C13H16N2O4S/c1-4-15-11(16)10(8-18-5-2)20-12(15)9(7-14)13(17)19-6-3/h8H,4-6H2,1-3H3/b10-8+,12-9-. The summed E-state index contributed by atoms with van der Waals surface area (Å²) in [5.74, 6) is -0.721. The van der Waals surface area contributed by atoms with Crippen LogP contribution in [0, 0.1) is 11.3 Å². The minimum Gasteiger partial charge on any atom is -0.500 e. The Morgan fingerprint density at radius 3 is 2.60 bits per heavy atom. The lowest BCUT2D eigenvalue weighted by atomic mass is 10.3. The molecule has 0 aliphatic rings. The Morgan fingerprint density at radius 1 is 1.40 bits per heavy atom. The van der Waals surface area contributed by atoms with Crippen molar-refractivity contribution in [3.8, 4) is 6.07 Å². The van der Waals surface area contributed by atoms with Gasteiger partial charge in [-0.1, -0.05) is 0 Å². The summed E-state index contributed by atoms with van der Waals surface area (Å²) in [6, 6.07) is 1.81. The molecular formula is C13H16N2O4S. The number of aromatic nitrogens is 1. The quantitative estimate of drug-likeness (QED) is 0.711. The third kappa shape index (κ3) is 3.27. The zero-order chi connectivity index (χ0) is 15.1. The number of hydrogen-bond acceptors (Lipinski definition) is 6. The van der Waals surface area contributed by atoms with Gasteiger partial charge in [0.15, 0.2) is 5.57 Å². The summed E-state index contributed by atoms with van der Waals surface area (Å²) in [6.07, 6.45) is 1.35. The van der Waals surface area contributed by atoms with Gasteiger partial charge in [-0.15, -0.1) is 11.3 Å². The molecule has 0 radical (unpaired) electrons. The van der Waals surface area contributed by atoms with Crippen LogP contribution in [0.2, 0.25) is 0 Å². The molecule has 0 saturated carbocycles. The van der Waals surface area contributed by atoms with Gasteiger partial charge in [0.2, 0.25) is 0 Å². The number of rotatable bonds is 5. The molecule has 1 rings (SSSR count). The van der Waals surface area contributed by atoms with E-state index in [0.29, 0.717) is 22.3 Å². The van der Waals surface area contributed by atoms with E-state index in [1.165, 1.54) is 10.8 Å². The van der Waals surface area contributed by atoms with E-state index in [0.717, 1.165) is 11.3 Å². The monoisotopic (exact) mass is 296 g/mol. The van der Waals surface area contributed by atoms with Gasteiger partial charge in [-0.05, 0) is 20.8 Å². The molecule has 20 heavy (non-hydrogen) atoms. The molecule has 0 N–H and O–H groups in total. The van der Waals surface area contributed by atoms with E-state index in [2.05, 4.69) is 0 Å². The van der Waals surface area contributed by atoms with E-state index in [-0.39, 0.29) is 17.7 Å². The van der Waals surface area contributed by atoms with Gasteiger partial charge in [0, 0.05) is 6.54 Å². The molecule has 1 heterocycles. The maximum Gasteiger partial charge on any atom is 0.351 e. The Bertz CT molecular complexity index is 693. The van der Waals surface area contributed by atoms with Crippen molar-refractivity contribution in [2.24, 2.45) is 0 Å². The molecule has 7 heteroatoms. The van der Waals surface area contributed by atoms with Gasteiger partial charge in [-0.2, -0.15) is 5.26 Å². The van der Waals surface area contributed by atoms with Crippen molar-refractivity contribution in [3.05, 3.63) is 19.5 Å². The SMILES string of the molecule is CCO/C=c1/s/c(=C(/C#N)C(=O)OCC)n(CC)c1=O. The van der Waals surface area contributed by atoms with E-state index < -0.39 is 5.97 Å². The van der Waals surface area contributed by atoms with Crippen LogP contribution in [-0.2, 0) is 20.8 Å². The summed E-state index contributed by atoms with van der Waals surface area (Å²) < 4.78 is 11.9. The summed E-state index contributed by atoms with van der Waals surface area (Å²) >= 11 is 1.05. The number of ether oxygens (including phenoxy) is 2. The first-order valence-corrected chi connectivity index (χ1v) is 7.05. The Labute approximate surface area is 120 Å². The maximum absolute atomic E-state index is 12.1. The molecule has 0 aliphatic carbocycles. The predicted molar refractivity (Wildman–Crippen MR) is 75.2 cm³/mol.